The van der Waals surface area contributed by atoms with E-state index >= 15 is 0 Å². The number of benzene rings is 1. The maximum absolute atomic E-state index is 10.9. The lowest BCUT2D eigenvalue weighted by molar-refractivity contribution is -0.780. The highest BCUT2D eigenvalue weighted by molar-refractivity contribution is 5.27. The largest absolute Gasteiger partial charge is 0.481 e. The van der Waals surface area contributed by atoms with Crippen molar-refractivity contribution in [3.05, 3.63) is 79.9 Å². The highest BCUT2D eigenvalue weighted by Gasteiger charge is 2.53. The van der Waals surface area contributed by atoms with Gasteiger partial charge in [0, 0.05) is 0 Å². The van der Waals surface area contributed by atoms with Gasteiger partial charge in [-0.25, -0.2) is 0 Å². The highest BCUT2D eigenvalue weighted by atomic mass is 16.7. The van der Waals surface area contributed by atoms with E-state index in [0.717, 1.165) is 18.1 Å². The third kappa shape index (κ3) is 2.74. The number of allylic oxidation sites excluding steroid dienone is 2. The lowest BCUT2D eigenvalue weighted by atomic mass is 9.94. The van der Waals surface area contributed by atoms with Gasteiger partial charge in [-0.1, -0.05) is 42.0 Å². The summed E-state index contributed by atoms with van der Waals surface area (Å²) in [4.78, 5) is 20.1. The molecule has 0 N–H and O–H groups in total. The van der Waals surface area contributed by atoms with E-state index in [9.17, 15) is 20.2 Å². The average Bonchev–Trinajstić information content (AvgIpc) is 2.46. The molecule has 0 saturated carbocycles. The van der Waals surface area contributed by atoms with E-state index in [0.29, 0.717) is 6.42 Å². The van der Waals surface area contributed by atoms with Crippen LogP contribution < -0.4 is 0 Å². The van der Waals surface area contributed by atoms with Crippen LogP contribution in [0.4, 0.5) is 0 Å². The van der Waals surface area contributed by atoms with Gasteiger partial charge < -0.3 is 0 Å². The summed E-state index contributed by atoms with van der Waals surface area (Å²) in [6, 6.07) is 9.85. The Morgan fingerprint density at radius 2 is 1.70 bits per heavy atom. The van der Waals surface area contributed by atoms with Crippen molar-refractivity contribution in [2.75, 3.05) is 0 Å². The van der Waals surface area contributed by atoms with Crippen molar-refractivity contribution in [2.45, 2.75) is 24.9 Å². The quantitative estimate of drug-likeness (QED) is 0.469. The molecular weight excluding hydrogens is 260 g/mol. The highest BCUT2D eigenvalue weighted by Crippen LogP contribution is 2.26. The number of nitro groups is 2. The molecule has 0 radical (unpaired) electrons. The van der Waals surface area contributed by atoms with Crippen LogP contribution in [-0.2, 0) is 6.42 Å². The molecule has 0 aromatic heterocycles. The van der Waals surface area contributed by atoms with Crippen molar-refractivity contribution >= 4 is 0 Å². The molecule has 0 fully saturated rings. The molecule has 2 rings (SSSR count). The second-order valence-corrected chi connectivity index (χ2v) is 4.69. The van der Waals surface area contributed by atoms with Crippen molar-refractivity contribution in [2.24, 2.45) is 0 Å². The smallest absolute Gasteiger partial charge is 0.258 e. The Balaban J connectivity index is 2.02. The summed E-state index contributed by atoms with van der Waals surface area (Å²) in [5, 5.41) is 21.8. The normalized spacial score (nSPS) is 16.5. The van der Waals surface area contributed by atoms with Gasteiger partial charge in [-0.2, -0.15) is 0 Å². The first-order valence-corrected chi connectivity index (χ1v) is 6.26. The Morgan fingerprint density at radius 1 is 1.05 bits per heavy atom. The van der Waals surface area contributed by atoms with Crippen molar-refractivity contribution in [1.82, 2.24) is 0 Å². The molecule has 0 bridgehead atoms. The molecule has 1 aliphatic rings. The minimum absolute atomic E-state index is 0.201. The molecule has 20 heavy (non-hydrogen) atoms. The summed E-state index contributed by atoms with van der Waals surface area (Å²) in [6.07, 6.45) is 5.50. The van der Waals surface area contributed by atoms with Crippen molar-refractivity contribution in [3.63, 3.8) is 0 Å². The van der Waals surface area contributed by atoms with Gasteiger partial charge in [0.1, 0.15) is 16.3 Å². The van der Waals surface area contributed by atoms with Gasteiger partial charge in [0.2, 0.25) is 0 Å². The summed E-state index contributed by atoms with van der Waals surface area (Å²) in [6.45, 7) is 0. The molecule has 0 unspecified atom stereocenters. The first-order chi connectivity index (χ1) is 9.54. The zero-order valence-electron chi connectivity index (χ0n) is 10.8. The molecule has 104 valence electrons. The van der Waals surface area contributed by atoms with Gasteiger partial charge in [0.25, 0.3) is 0 Å². The molecule has 6 nitrogen and oxygen atoms in total. The van der Waals surface area contributed by atoms with Crippen LogP contribution in [0, 0.1) is 20.2 Å². The van der Waals surface area contributed by atoms with E-state index in [4.69, 9.17) is 0 Å². The fourth-order valence-corrected chi connectivity index (χ4v) is 2.11. The third-order valence-corrected chi connectivity index (χ3v) is 3.41. The number of rotatable bonds is 5. The molecule has 0 aliphatic heterocycles. The van der Waals surface area contributed by atoms with Crippen LogP contribution in [0.25, 0.3) is 0 Å². The SMILES string of the molecule is O=[N+]([O-])C1([N+](=O)[O-])C=CC(CCc2ccccc2)=CC1. The van der Waals surface area contributed by atoms with E-state index in [1.54, 1.807) is 6.08 Å². The molecule has 1 aromatic carbocycles. The number of hydrogen-bond acceptors (Lipinski definition) is 4. The van der Waals surface area contributed by atoms with E-state index < -0.39 is 15.5 Å². The topological polar surface area (TPSA) is 86.3 Å². The monoisotopic (exact) mass is 274 g/mol. The third-order valence-electron chi connectivity index (χ3n) is 3.41. The maximum Gasteiger partial charge on any atom is 0.481 e. The number of aryl methyl sites for hydroxylation is 1. The lowest BCUT2D eigenvalue weighted by Gasteiger charge is -2.16. The van der Waals surface area contributed by atoms with E-state index in [1.165, 1.54) is 11.6 Å². The van der Waals surface area contributed by atoms with Crippen LogP contribution in [0.5, 0.6) is 0 Å². The number of nitrogens with zero attached hydrogens (tertiary/aromatic N) is 2. The molecule has 0 saturated heterocycles. The summed E-state index contributed by atoms with van der Waals surface area (Å²) in [5.41, 5.74) is -0.133. The summed E-state index contributed by atoms with van der Waals surface area (Å²) < 4.78 is 0. The second kappa shape index (κ2) is 5.64. The van der Waals surface area contributed by atoms with Gasteiger partial charge >= 0.3 is 5.66 Å². The van der Waals surface area contributed by atoms with Gasteiger partial charge in [0.15, 0.2) is 0 Å². The molecule has 1 aliphatic carbocycles. The van der Waals surface area contributed by atoms with Crippen LogP contribution in [0.2, 0.25) is 0 Å². The molecular formula is C14H14N2O4. The van der Waals surface area contributed by atoms with E-state index in [2.05, 4.69) is 0 Å². The maximum atomic E-state index is 10.9. The minimum atomic E-state index is -2.20. The van der Waals surface area contributed by atoms with Crippen LogP contribution in [0.15, 0.2) is 54.1 Å². The molecule has 0 amide bonds. The molecule has 1 aromatic rings. The van der Waals surface area contributed by atoms with E-state index in [1.807, 2.05) is 30.3 Å². The Kier molecular flexibility index (Phi) is 3.93. The van der Waals surface area contributed by atoms with Gasteiger partial charge in [-0.15, -0.1) is 0 Å². The van der Waals surface area contributed by atoms with Crippen molar-refractivity contribution in [3.8, 4) is 0 Å². The van der Waals surface area contributed by atoms with Crippen LogP contribution in [0.1, 0.15) is 18.4 Å². The van der Waals surface area contributed by atoms with Gasteiger partial charge in [-0.3, -0.25) is 20.2 Å². The van der Waals surface area contributed by atoms with E-state index in [-0.39, 0.29) is 6.42 Å². The zero-order valence-corrected chi connectivity index (χ0v) is 10.8. The molecule has 6 heteroatoms. The fourth-order valence-electron chi connectivity index (χ4n) is 2.11. The Labute approximate surface area is 115 Å². The lowest BCUT2D eigenvalue weighted by Crippen LogP contribution is -2.44. The van der Waals surface area contributed by atoms with Crippen molar-refractivity contribution in [1.29, 1.82) is 0 Å². The zero-order chi connectivity index (χ0) is 14.6. The van der Waals surface area contributed by atoms with Gasteiger partial charge in [0.05, 0.1) is 6.08 Å². The van der Waals surface area contributed by atoms with Gasteiger partial charge in [-0.05, 0) is 24.5 Å². The second-order valence-electron chi connectivity index (χ2n) is 4.69. The summed E-state index contributed by atoms with van der Waals surface area (Å²) in [7, 11) is 0. The Hall–Kier alpha value is -2.50. The average molecular weight is 274 g/mol. The summed E-state index contributed by atoms with van der Waals surface area (Å²) >= 11 is 0. The predicted molar refractivity (Wildman–Crippen MR) is 73.3 cm³/mol. The Morgan fingerprint density at radius 3 is 2.20 bits per heavy atom. The fraction of sp³-hybridized carbons (Fsp3) is 0.286. The Bertz CT molecular complexity index is 564. The first-order valence-electron chi connectivity index (χ1n) is 6.26. The van der Waals surface area contributed by atoms with Crippen LogP contribution >= 0.6 is 0 Å². The standard InChI is InChI=1S/C14H14N2O4/c17-15(18)14(16(19)20)10-8-13(9-11-14)7-6-12-4-2-1-3-5-12/h1-5,8-10H,6-7,11H2. The molecule has 0 spiro atoms. The van der Waals surface area contributed by atoms with Crippen LogP contribution in [-0.4, -0.2) is 15.5 Å². The minimum Gasteiger partial charge on any atom is -0.258 e. The van der Waals surface area contributed by atoms with Crippen molar-refractivity contribution < 1.29 is 9.85 Å². The molecule has 0 heterocycles. The number of hydrogen-bond donors (Lipinski definition) is 0. The first kappa shape index (κ1) is 13.9. The molecule has 0 atom stereocenters. The summed E-state index contributed by atoms with van der Waals surface area (Å²) in [5.74, 6) is 0. The van der Waals surface area contributed by atoms with Crippen LogP contribution in [0.3, 0.4) is 0 Å². The predicted octanol–water partition coefficient (Wildman–Crippen LogP) is 2.76.